The Balaban J connectivity index is 2.35. The van der Waals surface area contributed by atoms with E-state index in [0.29, 0.717) is 0 Å². The highest BCUT2D eigenvalue weighted by atomic mass is 79.9. The lowest BCUT2D eigenvalue weighted by Crippen LogP contribution is -2.06. The van der Waals surface area contributed by atoms with Gasteiger partial charge in [-0.3, -0.25) is 10.1 Å². The van der Waals surface area contributed by atoms with Gasteiger partial charge in [0.2, 0.25) is 0 Å². The molecule has 0 aromatic heterocycles. The average Bonchev–Trinajstić information content (AvgIpc) is 2.67. The first-order valence-electron chi connectivity index (χ1n) is 5.05. The Morgan fingerprint density at radius 3 is 2.44 bits per heavy atom. The van der Waals surface area contributed by atoms with Gasteiger partial charge in [0.05, 0.1) is 4.92 Å². The van der Waals surface area contributed by atoms with Crippen LogP contribution >= 0.6 is 15.9 Å². The zero-order valence-corrected chi connectivity index (χ0v) is 10.7. The predicted molar refractivity (Wildman–Crippen MR) is 65.3 cm³/mol. The van der Waals surface area contributed by atoms with E-state index < -0.39 is 4.92 Å². The van der Waals surface area contributed by atoms with Crippen LogP contribution in [0, 0.1) is 15.5 Å². The first-order valence-corrected chi connectivity index (χ1v) is 5.84. The van der Waals surface area contributed by atoms with Crippen LogP contribution in [0.1, 0.15) is 25.3 Å². The van der Waals surface area contributed by atoms with Crippen molar-refractivity contribution >= 4 is 21.6 Å². The van der Waals surface area contributed by atoms with Gasteiger partial charge in [0.25, 0.3) is 5.69 Å². The lowest BCUT2D eigenvalue weighted by Gasteiger charge is -2.05. The van der Waals surface area contributed by atoms with Crippen LogP contribution in [0.5, 0.6) is 0 Å². The second kappa shape index (κ2) is 3.53. The summed E-state index contributed by atoms with van der Waals surface area (Å²) in [6.07, 6.45) is 0. The lowest BCUT2D eigenvalue weighted by molar-refractivity contribution is -0.384. The molecule has 86 valence electrons. The summed E-state index contributed by atoms with van der Waals surface area (Å²) in [5.41, 5.74) is 7.23. The predicted octanol–water partition coefficient (Wildman–Crippen LogP) is 2.81. The quantitative estimate of drug-likeness (QED) is 0.671. The number of halogens is 1. The van der Waals surface area contributed by atoms with Crippen molar-refractivity contribution in [1.29, 1.82) is 0 Å². The van der Waals surface area contributed by atoms with Crippen LogP contribution in [0.4, 0.5) is 5.69 Å². The molecule has 0 spiro atoms. The summed E-state index contributed by atoms with van der Waals surface area (Å²) in [4.78, 5) is 10.2. The SMILES string of the molecule is CC1(C)[C@@H](N)[C@@H]1c1ccc([N+](=O)[O-])cc1Br. The van der Waals surface area contributed by atoms with Gasteiger partial charge in [-0.05, 0) is 11.0 Å². The number of non-ortho nitro benzene ring substituents is 1. The van der Waals surface area contributed by atoms with Gasteiger partial charge in [-0.1, -0.05) is 35.8 Å². The Bertz CT molecular complexity index is 459. The van der Waals surface area contributed by atoms with E-state index in [-0.39, 0.29) is 23.1 Å². The van der Waals surface area contributed by atoms with E-state index in [1.807, 2.05) is 0 Å². The second-order valence-electron chi connectivity index (χ2n) is 4.79. The molecule has 1 fully saturated rings. The summed E-state index contributed by atoms with van der Waals surface area (Å²) in [5, 5.41) is 10.6. The number of nitrogens with two attached hydrogens (primary N) is 1. The molecule has 16 heavy (non-hydrogen) atoms. The summed E-state index contributed by atoms with van der Waals surface area (Å²) in [5.74, 6) is 0.280. The van der Waals surface area contributed by atoms with Crippen LogP contribution in [0.2, 0.25) is 0 Å². The lowest BCUT2D eigenvalue weighted by atomic mass is 10.0. The largest absolute Gasteiger partial charge is 0.327 e. The van der Waals surface area contributed by atoms with Crippen molar-refractivity contribution in [2.45, 2.75) is 25.8 Å². The summed E-state index contributed by atoms with van der Waals surface area (Å²) in [7, 11) is 0. The molecule has 4 nitrogen and oxygen atoms in total. The Morgan fingerprint density at radius 2 is 2.06 bits per heavy atom. The Kier molecular flexibility index (Phi) is 2.55. The fourth-order valence-electron chi connectivity index (χ4n) is 2.15. The van der Waals surface area contributed by atoms with Gasteiger partial charge in [0.15, 0.2) is 0 Å². The minimum absolute atomic E-state index is 0.0820. The smallest absolute Gasteiger partial charge is 0.270 e. The summed E-state index contributed by atoms with van der Waals surface area (Å²) < 4.78 is 0.771. The van der Waals surface area contributed by atoms with Crippen LogP contribution < -0.4 is 5.73 Å². The number of hydrogen-bond acceptors (Lipinski definition) is 3. The molecule has 0 radical (unpaired) electrons. The van der Waals surface area contributed by atoms with Crippen molar-refractivity contribution in [3.05, 3.63) is 38.3 Å². The van der Waals surface area contributed by atoms with Crippen LogP contribution in [0.3, 0.4) is 0 Å². The highest BCUT2D eigenvalue weighted by Gasteiger charge is 2.56. The van der Waals surface area contributed by atoms with Crippen LogP contribution in [-0.4, -0.2) is 11.0 Å². The van der Waals surface area contributed by atoms with Gasteiger partial charge < -0.3 is 5.73 Å². The number of hydrogen-bond donors (Lipinski definition) is 1. The van der Waals surface area contributed by atoms with Gasteiger partial charge in [-0.15, -0.1) is 0 Å². The minimum atomic E-state index is -0.396. The molecule has 0 unspecified atom stereocenters. The molecular weight excluding hydrogens is 272 g/mol. The van der Waals surface area contributed by atoms with Crippen LogP contribution in [0.25, 0.3) is 0 Å². The molecule has 1 aliphatic carbocycles. The fraction of sp³-hybridized carbons (Fsp3) is 0.455. The molecule has 5 heteroatoms. The van der Waals surface area contributed by atoms with E-state index in [1.54, 1.807) is 6.07 Å². The van der Waals surface area contributed by atoms with Gasteiger partial charge in [-0.25, -0.2) is 0 Å². The number of nitro benzene ring substituents is 1. The molecule has 2 rings (SSSR count). The number of nitro groups is 1. The molecule has 2 N–H and O–H groups in total. The highest BCUT2D eigenvalue weighted by Crippen LogP contribution is 2.58. The number of benzene rings is 1. The van der Waals surface area contributed by atoms with Crippen molar-refractivity contribution < 1.29 is 4.92 Å². The van der Waals surface area contributed by atoms with Gasteiger partial charge in [0, 0.05) is 28.6 Å². The van der Waals surface area contributed by atoms with Crippen LogP contribution in [-0.2, 0) is 0 Å². The summed E-state index contributed by atoms with van der Waals surface area (Å²) >= 11 is 3.38. The topological polar surface area (TPSA) is 69.2 Å². The molecular formula is C11H13BrN2O2. The van der Waals surface area contributed by atoms with Gasteiger partial charge >= 0.3 is 0 Å². The van der Waals surface area contributed by atoms with E-state index in [1.165, 1.54) is 12.1 Å². The third kappa shape index (κ3) is 1.64. The average molecular weight is 285 g/mol. The van der Waals surface area contributed by atoms with Gasteiger partial charge in [0.1, 0.15) is 0 Å². The Labute approximate surface area is 102 Å². The monoisotopic (exact) mass is 284 g/mol. The van der Waals surface area contributed by atoms with E-state index in [0.717, 1.165) is 10.0 Å². The number of rotatable bonds is 2. The first kappa shape index (κ1) is 11.5. The molecule has 0 heterocycles. The fourth-order valence-corrected chi connectivity index (χ4v) is 2.77. The zero-order chi connectivity index (χ0) is 12.1. The maximum absolute atomic E-state index is 10.6. The first-order chi connectivity index (χ1) is 7.35. The second-order valence-corrected chi connectivity index (χ2v) is 5.64. The van der Waals surface area contributed by atoms with Crippen LogP contribution in [0.15, 0.2) is 22.7 Å². The van der Waals surface area contributed by atoms with Crippen molar-refractivity contribution in [3.8, 4) is 0 Å². The molecule has 0 aliphatic heterocycles. The van der Waals surface area contributed by atoms with Crippen molar-refractivity contribution in [2.75, 3.05) is 0 Å². The molecule has 0 amide bonds. The summed E-state index contributed by atoms with van der Waals surface area (Å²) in [6.45, 7) is 4.21. The maximum atomic E-state index is 10.6. The molecule has 2 atom stereocenters. The molecule has 1 aliphatic rings. The number of nitrogens with zero attached hydrogens (tertiary/aromatic N) is 1. The third-order valence-corrected chi connectivity index (χ3v) is 4.13. The van der Waals surface area contributed by atoms with E-state index >= 15 is 0 Å². The molecule has 0 saturated heterocycles. The minimum Gasteiger partial charge on any atom is -0.327 e. The van der Waals surface area contributed by atoms with Crippen molar-refractivity contribution in [2.24, 2.45) is 11.1 Å². The molecule has 1 aromatic rings. The molecule has 1 aromatic carbocycles. The third-order valence-electron chi connectivity index (χ3n) is 3.44. The van der Waals surface area contributed by atoms with E-state index in [9.17, 15) is 10.1 Å². The summed E-state index contributed by atoms with van der Waals surface area (Å²) in [6, 6.07) is 4.99. The maximum Gasteiger partial charge on any atom is 0.270 e. The standard InChI is InChI=1S/C11H13BrN2O2/c1-11(2)9(10(11)13)7-4-3-6(14(15)16)5-8(7)12/h3-5,9-10H,13H2,1-2H3/t9-,10-/m0/s1. The Hall–Kier alpha value is -0.940. The van der Waals surface area contributed by atoms with Gasteiger partial charge in [-0.2, -0.15) is 0 Å². The molecule has 0 bridgehead atoms. The normalized spacial score (nSPS) is 26.5. The highest BCUT2D eigenvalue weighted by molar-refractivity contribution is 9.10. The molecule has 1 saturated carbocycles. The Morgan fingerprint density at radius 1 is 1.50 bits per heavy atom. The zero-order valence-electron chi connectivity index (χ0n) is 9.11. The van der Waals surface area contributed by atoms with E-state index in [4.69, 9.17) is 5.73 Å². The van der Waals surface area contributed by atoms with Crippen molar-refractivity contribution in [3.63, 3.8) is 0 Å². The van der Waals surface area contributed by atoms with E-state index in [2.05, 4.69) is 29.8 Å². The van der Waals surface area contributed by atoms with Crippen molar-refractivity contribution in [1.82, 2.24) is 0 Å².